The number of rotatable bonds is 9. The molecule has 2 aromatic rings. The Hall–Kier alpha value is -3.57. The van der Waals surface area contributed by atoms with Gasteiger partial charge in [0, 0.05) is 31.3 Å². The van der Waals surface area contributed by atoms with Crippen molar-refractivity contribution in [3.8, 4) is 0 Å². The van der Waals surface area contributed by atoms with Crippen LogP contribution in [0.5, 0.6) is 0 Å². The first kappa shape index (κ1) is 29.0. The number of nitrogens with one attached hydrogen (secondary N) is 2. The molecule has 0 amide bonds. The molecule has 0 radical (unpaired) electrons. The predicted molar refractivity (Wildman–Crippen MR) is 132 cm³/mol. The zero-order valence-corrected chi connectivity index (χ0v) is 21.1. The number of likely N-dealkylation sites (N-methyl/N-ethyl adjacent to an activating group) is 1. The first-order chi connectivity index (χ1) is 17.8. The largest absolute Gasteiger partial charge is 0.473 e. The van der Waals surface area contributed by atoms with Gasteiger partial charge in [0.1, 0.15) is 23.4 Å². The number of hydrogen-bond donors (Lipinski definition) is 2. The van der Waals surface area contributed by atoms with Crippen LogP contribution < -0.4 is 5.32 Å². The summed E-state index contributed by atoms with van der Waals surface area (Å²) in [6, 6.07) is 4.55. The van der Waals surface area contributed by atoms with Crippen molar-refractivity contribution < 1.29 is 31.1 Å². The lowest BCUT2D eigenvalue weighted by Gasteiger charge is -2.26. The van der Waals surface area contributed by atoms with Crippen LogP contribution in [-0.4, -0.2) is 40.5 Å². The molecule has 3 rings (SSSR count). The summed E-state index contributed by atoms with van der Waals surface area (Å²) >= 11 is 0. The fraction of sp³-hybridized carbons (Fsp3) is 0.423. The topological polar surface area (TPSA) is 74.1 Å². The van der Waals surface area contributed by atoms with E-state index < -0.39 is 29.7 Å². The number of aromatic nitrogens is 2. The Labute approximate surface area is 216 Å². The number of allylic oxidation sites excluding steroid dienone is 2. The van der Waals surface area contributed by atoms with Crippen LogP contribution in [0.25, 0.3) is 0 Å². The van der Waals surface area contributed by atoms with Crippen molar-refractivity contribution >= 4 is 17.3 Å². The van der Waals surface area contributed by atoms with Gasteiger partial charge in [-0.3, -0.25) is 5.41 Å². The van der Waals surface area contributed by atoms with Gasteiger partial charge in [-0.15, -0.1) is 0 Å². The number of amidine groups is 1. The van der Waals surface area contributed by atoms with E-state index in [0.29, 0.717) is 41.4 Å². The molecule has 0 saturated carbocycles. The second-order valence-electron chi connectivity index (χ2n) is 8.94. The minimum absolute atomic E-state index is 0.103. The highest BCUT2D eigenvalue weighted by molar-refractivity contribution is 5.81. The molecular formula is C26H29F6N5O. The average Bonchev–Trinajstić information content (AvgIpc) is 2.87. The van der Waals surface area contributed by atoms with Crippen LogP contribution in [0.15, 0.2) is 48.9 Å². The molecule has 206 valence electrons. The predicted octanol–water partition coefficient (Wildman–Crippen LogP) is 6.98. The normalized spacial score (nSPS) is 14.8. The summed E-state index contributed by atoms with van der Waals surface area (Å²) in [4.78, 5) is 10.6. The minimum atomic E-state index is -4.53. The molecule has 0 aliphatic carbocycles. The standard InChI is InChI=1S/C26H29F6N5O/c1-4-5-20-21(10-13-37(3)22(33)16(2)25(27,28)29)35-23(17-11-14-38-15-12-17)36-24(20)34-19-8-6-18(7-9-19)26(30,31)32/h6-9,11-12,14-17,33H,4-5,10,13H2,1-3H3,(H,34,35,36). The van der Waals surface area contributed by atoms with Gasteiger partial charge in [-0.2, -0.15) is 26.3 Å². The lowest BCUT2D eigenvalue weighted by Crippen LogP contribution is -2.39. The second-order valence-corrected chi connectivity index (χ2v) is 8.94. The Morgan fingerprint density at radius 3 is 2.24 bits per heavy atom. The molecule has 1 aromatic heterocycles. The van der Waals surface area contributed by atoms with Crippen LogP contribution >= 0.6 is 0 Å². The van der Waals surface area contributed by atoms with Crippen LogP contribution in [0, 0.1) is 11.3 Å². The van der Waals surface area contributed by atoms with Gasteiger partial charge >= 0.3 is 12.4 Å². The first-order valence-electron chi connectivity index (χ1n) is 12.0. The molecule has 0 fully saturated rings. The van der Waals surface area contributed by atoms with Gasteiger partial charge in [-0.25, -0.2) is 9.97 Å². The quantitative estimate of drug-likeness (QED) is 0.204. The van der Waals surface area contributed by atoms with E-state index in [2.05, 4.69) is 10.3 Å². The Morgan fingerprint density at radius 1 is 1.05 bits per heavy atom. The van der Waals surface area contributed by atoms with Crippen LogP contribution in [0.1, 0.15) is 48.8 Å². The molecule has 1 aromatic carbocycles. The average molecular weight is 542 g/mol. The van der Waals surface area contributed by atoms with Gasteiger partial charge in [0.05, 0.1) is 29.7 Å². The highest BCUT2D eigenvalue weighted by Crippen LogP contribution is 2.32. The second kappa shape index (κ2) is 11.9. The highest BCUT2D eigenvalue weighted by atomic mass is 19.4. The van der Waals surface area contributed by atoms with Crippen LogP contribution in [0.2, 0.25) is 0 Å². The van der Waals surface area contributed by atoms with E-state index in [1.54, 1.807) is 12.2 Å². The van der Waals surface area contributed by atoms with Gasteiger partial charge in [-0.1, -0.05) is 13.3 Å². The molecule has 1 unspecified atom stereocenters. The van der Waals surface area contributed by atoms with Crippen molar-refractivity contribution in [2.24, 2.45) is 5.92 Å². The molecular weight excluding hydrogens is 512 g/mol. The zero-order valence-electron chi connectivity index (χ0n) is 21.1. The fourth-order valence-electron chi connectivity index (χ4n) is 3.82. The number of nitrogens with zero attached hydrogens (tertiary/aromatic N) is 3. The summed E-state index contributed by atoms with van der Waals surface area (Å²) in [5.74, 6) is -2.01. The number of hydrogen-bond acceptors (Lipinski definition) is 5. The minimum Gasteiger partial charge on any atom is -0.473 e. The molecule has 1 aliphatic rings. The third-order valence-electron chi connectivity index (χ3n) is 6.11. The van der Waals surface area contributed by atoms with E-state index in [1.807, 2.05) is 6.92 Å². The van der Waals surface area contributed by atoms with Gasteiger partial charge in [-0.05, 0) is 49.8 Å². The maximum Gasteiger partial charge on any atom is 0.416 e. The van der Waals surface area contributed by atoms with Crippen LogP contribution in [-0.2, 0) is 23.8 Å². The summed E-state index contributed by atoms with van der Waals surface area (Å²) in [5, 5.41) is 11.1. The molecule has 12 heteroatoms. The molecule has 6 nitrogen and oxygen atoms in total. The first-order valence-corrected chi connectivity index (χ1v) is 12.0. The van der Waals surface area contributed by atoms with Crippen LogP contribution in [0.4, 0.5) is 37.8 Å². The number of anilines is 2. The van der Waals surface area contributed by atoms with Gasteiger partial charge in [0.2, 0.25) is 0 Å². The van der Waals surface area contributed by atoms with Gasteiger partial charge in [0.25, 0.3) is 0 Å². The van der Waals surface area contributed by atoms with E-state index >= 15 is 0 Å². The smallest absolute Gasteiger partial charge is 0.416 e. The van der Waals surface area contributed by atoms with Crippen molar-refractivity contribution in [1.82, 2.24) is 14.9 Å². The van der Waals surface area contributed by atoms with Crippen molar-refractivity contribution in [1.29, 1.82) is 5.41 Å². The summed E-state index contributed by atoms with van der Waals surface area (Å²) in [5.41, 5.74) is 0.901. The number of halogens is 6. The molecule has 2 N–H and O–H groups in total. The summed E-state index contributed by atoms with van der Waals surface area (Å²) in [6.45, 7) is 2.99. The lowest BCUT2D eigenvalue weighted by molar-refractivity contribution is -0.152. The summed E-state index contributed by atoms with van der Waals surface area (Å²) < 4.78 is 83.4. The maximum absolute atomic E-state index is 13.1. The van der Waals surface area contributed by atoms with E-state index in [4.69, 9.17) is 15.1 Å². The molecule has 0 saturated heterocycles. The van der Waals surface area contributed by atoms with E-state index in [-0.39, 0.29) is 18.9 Å². The summed E-state index contributed by atoms with van der Waals surface area (Å²) in [7, 11) is 1.43. The SMILES string of the molecule is CCCc1c(CCN(C)C(=N)C(C)C(F)(F)F)nc(C2C=COC=C2)nc1Nc1ccc(C(F)(F)F)cc1. The molecule has 2 heterocycles. The fourth-order valence-corrected chi connectivity index (χ4v) is 3.82. The Kier molecular flexibility index (Phi) is 9.05. The van der Waals surface area contributed by atoms with E-state index in [9.17, 15) is 26.3 Å². The molecule has 1 atom stereocenters. The highest BCUT2D eigenvalue weighted by Gasteiger charge is 2.40. The van der Waals surface area contributed by atoms with Crippen molar-refractivity contribution in [2.75, 3.05) is 18.9 Å². The van der Waals surface area contributed by atoms with Gasteiger partial charge in [0.15, 0.2) is 0 Å². The van der Waals surface area contributed by atoms with E-state index in [0.717, 1.165) is 19.1 Å². The molecule has 38 heavy (non-hydrogen) atoms. The number of benzene rings is 1. The third-order valence-corrected chi connectivity index (χ3v) is 6.11. The lowest BCUT2D eigenvalue weighted by atomic mass is 10.0. The Balaban J connectivity index is 1.96. The number of ether oxygens (including phenoxy) is 1. The molecule has 0 bridgehead atoms. The molecule has 0 spiro atoms. The van der Waals surface area contributed by atoms with E-state index in [1.165, 1.54) is 36.6 Å². The Morgan fingerprint density at radius 2 is 1.68 bits per heavy atom. The number of alkyl halides is 6. The Bertz CT molecular complexity index is 1160. The summed E-state index contributed by atoms with van der Waals surface area (Å²) in [6.07, 6.45) is -1.13. The van der Waals surface area contributed by atoms with Gasteiger partial charge < -0.3 is 15.0 Å². The molecule has 1 aliphatic heterocycles. The van der Waals surface area contributed by atoms with Crippen molar-refractivity contribution in [3.63, 3.8) is 0 Å². The van der Waals surface area contributed by atoms with Crippen molar-refractivity contribution in [3.05, 3.63) is 71.6 Å². The monoisotopic (exact) mass is 541 g/mol. The maximum atomic E-state index is 13.1. The zero-order chi connectivity index (χ0) is 28.1. The van der Waals surface area contributed by atoms with Crippen LogP contribution in [0.3, 0.4) is 0 Å². The third kappa shape index (κ3) is 7.26. The van der Waals surface area contributed by atoms with Crippen molar-refractivity contribution in [2.45, 2.75) is 51.4 Å².